The Hall–Kier alpha value is -3.64. The molecule has 1 aromatic heterocycles. The SMILES string of the molecule is CCOC(c1cc(C)c(NC(=O)c2cccc(NC(=O)c3cccnc3Cl)c2)c(C)c1)(C(F)(F)F)C(F)(F)F. The summed E-state index contributed by atoms with van der Waals surface area (Å²) in [6.07, 6.45) is -10.2. The van der Waals surface area contributed by atoms with E-state index in [9.17, 15) is 35.9 Å². The van der Waals surface area contributed by atoms with Crippen molar-refractivity contribution in [3.05, 3.63) is 87.7 Å². The standard InChI is InChI=1S/C26H22ClF6N3O3/c1-4-39-24(25(28,29)30,26(31,32)33)17-11-14(2)20(15(3)12-17)36-22(37)16-7-5-8-18(13-16)35-23(38)19-9-6-10-34-21(19)27/h5-13H,4H2,1-3H3,(H,35,38)(H,36,37). The van der Waals surface area contributed by atoms with Crippen LogP contribution in [-0.4, -0.2) is 35.8 Å². The third-order valence-corrected chi connectivity index (χ3v) is 6.02. The van der Waals surface area contributed by atoms with E-state index in [-0.39, 0.29) is 38.8 Å². The van der Waals surface area contributed by atoms with E-state index in [1.807, 2.05) is 0 Å². The Labute approximate surface area is 224 Å². The fourth-order valence-electron chi connectivity index (χ4n) is 3.99. The number of benzene rings is 2. The first-order chi connectivity index (χ1) is 18.1. The Morgan fingerprint density at radius 3 is 2.05 bits per heavy atom. The van der Waals surface area contributed by atoms with E-state index in [1.54, 1.807) is 0 Å². The van der Waals surface area contributed by atoms with Gasteiger partial charge in [-0.2, -0.15) is 26.3 Å². The topological polar surface area (TPSA) is 80.3 Å². The summed E-state index contributed by atoms with van der Waals surface area (Å²) < 4.78 is 87.4. The molecule has 0 radical (unpaired) electrons. The van der Waals surface area contributed by atoms with Gasteiger partial charge in [0, 0.05) is 35.3 Å². The third kappa shape index (κ3) is 6.01. The zero-order valence-electron chi connectivity index (χ0n) is 20.7. The molecule has 0 aliphatic rings. The van der Waals surface area contributed by atoms with Crippen LogP contribution in [0.1, 0.15) is 44.3 Å². The summed E-state index contributed by atoms with van der Waals surface area (Å²) in [7, 11) is 0. The molecule has 0 aliphatic carbocycles. The zero-order chi connectivity index (χ0) is 29.2. The van der Waals surface area contributed by atoms with Crippen LogP contribution in [0, 0.1) is 13.8 Å². The predicted octanol–water partition coefficient (Wildman–Crippen LogP) is 7.21. The lowest BCUT2D eigenvalue weighted by molar-refractivity contribution is -0.388. The molecule has 3 rings (SSSR count). The highest BCUT2D eigenvalue weighted by Gasteiger charge is 2.73. The number of alkyl halides is 6. The van der Waals surface area contributed by atoms with Crippen molar-refractivity contribution in [2.24, 2.45) is 0 Å². The molecule has 0 fully saturated rings. The molecule has 0 bridgehead atoms. The average molecular weight is 574 g/mol. The van der Waals surface area contributed by atoms with Gasteiger partial charge >= 0.3 is 12.4 Å². The molecular weight excluding hydrogens is 552 g/mol. The van der Waals surface area contributed by atoms with Crippen molar-refractivity contribution >= 4 is 34.8 Å². The lowest BCUT2D eigenvalue weighted by atomic mass is 9.88. The smallest absolute Gasteiger partial charge is 0.354 e. The van der Waals surface area contributed by atoms with Gasteiger partial charge in [0.1, 0.15) is 5.15 Å². The van der Waals surface area contributed by atoms with Crippen LogP contribution in [0.3, 0.4) is 0 Å². The number of hydrogen-bond donors (Lipinski definition) is 2. The second-order valence-corrected chi connectivity index (χ2v) is 8.78. The number of carbonyl (C=O) groups is 2. The van der Waals surface area contributed by atoms with Crippen LogP contribution in [-0.2, 0) is 10.3 Å². The number of nitrogens with one attached hydrogen (secondary N) is 2. The molecule has 0 saturated carbocycles. The Kier molecular flexibility index (Phi) is 8.61. The van der Waals surface area contributed by atoms with Gasteiger partial charge in [-0.1, -0.05) is 29.8 Å². The van der Waals surface area contributed by atoms with Gasteiger partial charge in [0.25, 0.3) is 17.4 Å². The maximum Gasteiger partial charge on any atom is 0.430 e. The predicted molar refractivity (Wildman–Crippen MR) is 133 cm³/mol. The number of anilines is 2. The first-order valence-electron chi connectivity index (χ1n) is 11.3. The van der Waals surface area contributed by atoms with Gasteiger partial charge in [-0.3, -0.25) is 9.59 Å². The maximum absolute atomic E-state index is 13.8. The van der Waals surface area contributed by atoms with Gasteiger partial charge in [-0.25, -0.2) is 4.98 Å². The Morgan fingerprint density at radius 2 is 1.51 bits per heavy atom. The summed E-state index contributed by atoms with van der Waals surface area (Å²) in [6.45, 7) is 2.71. The molecule has 13 heteroatoms. The minimum absolute atomic E-state index is 0.0232. The van der Waals surface area contributed by atoms with Crippen molar-refractivity contribution in [2.75, 3.05) is 17.2 Å². The van der Waals surface area contributed by atoms with E-state index in [0.29, 0.717) is 12.1 Å². The molecule has 6 nitrogen and oxygen atoms in total. The minimum atomic E-state index is -5.81. The molecular formula is C26H22ClF6N3O3. The summed E-state index contributed by atoms with van der Waals surface area (Å²) >= 11 is 5.92. The van der Waals surface area contributed by atoms with E-state index < -0.39 is 41.9 Å². The number of ether oxygens (including phenoxy) is 1. The van der Waals surface area contributed by atoms with Crippen LogP contribution in [0.15, 0.2) is 54.7 Å². The molecule has 2 N–H and O–H groups in total. The second kappa shape index (κ2) is 11.2. The van der Waals surface area contributed by atoms with Crippen LogP contribution < -0.4 is 10.6 Å². The third-order valence-electron chi connectivity index (χ3n) is 5.72. The number of pyridine rings is 1. The number of hydrogen-bond acceptors (Lipinski definition) is 4. The fraction of sp³-hybridized carbons (Fsp3) is 0.269. The van der Waals surface area contributed by atoms with Gasteiger partial charge < -0.3 is 15.4 Å². The number of aromatic nitrogens is 1. The fourth-order valence-corrected chi connectivity index (χ4v) is 4.20. The molecule has 0 atom stereocenters. The first kappa shape index (κ1) is 29.9. The van der Waals surface area contributed by atoms with Crippen LogP contribution in [0.2, 0.25) is 5.15 Å². The normalized spacial score (nSPS) is 12.3. The lowest BCUT2D eigenvalue weighted by Crippen LogP contribution is -2.56. The zero-order valence-corrected chi connectivity index (χ0v) is 21.5. The Balaban J connectivity index is 1.91. The number of nitrogens with zero attached hydrogens (tertiary/aromatic N) is 1. The van der Waals surface area contributed by atoms with Crippen LogP contribution >= 0.6 is 11.6 Å². The summed E-state index contributed by atoms with van der Waals surface area (Å²) in [5, 5.41) is 5.07. The van der Waals surface area contributed by atoms with E-state index in [0.717, 1.165) is 6.92 Å². The van der Waals surface area contributed by atoms with Crippen molar-refractivity contribution in [1.82, 2.24) is 4.98 Å². The number of amides is 2. The van der Waals surface area contributed by atoms with E-state index in [1.165, 1.54) is 56.4 Å². The van der Waals surface area contributed by atoms with Gasteiger partial charge in [-0.15, -0.1) is 0 Å². The van der Waals surface area contributed by atoms with Crippen molar-refractivity contribution in [2.45, 2.75) is 38.7 Å². The van der Waals surface area contributed by atoms with Crippen molar-refractivity contribution < 1.29 is 40.7 Å². The number of aryl methyl sites for hydroxylation is 2. The lowest BCUT2D eigenvalue weighted by Gasteiger charge is -2.37. The van der Waals surface area contributed by atoms with Gasteiger partial charge in [0.2, 0.25) is 0 Å². The van der Waals surface area contributed by atoms with Crippen molar-refractivity contribution in [3.8, 4) is 0 Å². The van der Waals surface area contributed by atoms with Crippen molar-refractivity contribution in [1.29, 1.82) is 0 Å². The molecule has 208 valence electrons. The van der Waals surface area contributed by atoms with Crippen LogP contribution in [0.5, 0.6) is 0 Å². The van der Waals surface area contributed by atoms with Crippen molar-refractivity contribution in [3.63, 3.8) is 0 Å². The van der Waals surface area contributed by atoms with Crippen LogP contribution in [0.25, 0.3) is 0 Å². The molecule has 0 saturated heterocycles. The monoisotopic (exact) mass is 573 g/mol. The molecule has 39 heavy (non-hydrogen) atoms. The first-order valence-corrected chi connectivity index (χ1v) is 11.7. The van der Waals surface area contributed by atoms with Gasteiger partial charge in [-0.05, 0) is 62.2 Å². The highest BCUT2D eigenvalue weighted by Crippen LogP contribution is 2.53. The Bertz CT molecular complexity index is 1350. The quantitative estimate of drug-likeness (QED) is 0.231. The highest BCUT2D eigenvalue weighted by atomic mass is 35.5. The average Bonchev–Trinajstić information content (AvgIpc) is 2.83. The molecule has 2 amide bonds. The largest absolute Gasteiger partial charge is 0.430 e. The molecule has 1 heterocycles. The number of halogens is 7. The molecule has 0 spiro atoms. The minimum Gasteiger partial charge on any atom is -0.354 e. The summed E-state index contributed by atoms with van der Waals surface area (Å²) in [5.74, 6) is -1.30. The number of carbonyl (C=O) groups excluding carboxylic acids is 2. The summed E-state index contributed by atoms with van der Waals surface area (Å²) in [4.78, 5) is 29.3. The van der Waals surface area contributed by atoms with E-state index >= 15 is 0 Å². The maximum atomic E-state index is 13.8. The van der Waals surface area contributed by atoms with E-state index in [4.69, 9.17) is 11.6 Å². The molecule has 0 aliphatic heterocycles. The molecule has 0 unspecified atom stereocenters. The van der Waals surface area contributed by atoms with Gasteiger partial charge in [0.05, 0.1) is 5.56 Å². The Morgan fingerprint density at radius 1 is 0.897 bits per heavy atom. The summed E-state index contributed by atoms with van der Waals surface area (Å²) in [5.41, 5.74) is -5.39. The molecule has 3 aromatic rings. The van der Waals surface area contributed by atoms with E-state index in [2.05, 4.69) is 20.4 Å². The number of rotatable bonds is 7. The second-order valence-electron chi connectivity index (χ2n) is 8.43. The van der Waals surface area contributed by atoms with Crippen LogP contribution in [0.4, 0.5) is 37.7 Å². The van der Waals surface area contributed by atoms with Gasteiger partial charge in [0.15, 0.2) is 0 Å². The highest BCUT2D eigenvalue weighted by molar-refractivity contribution is 6.33. The summed E-state index contributed by atoms with van der Waals surface area (Å²) in [6, 6.07) is 10.1. The molecule has 2 aromatic carbocycles.